The summed E-state index contributed by atoms with van der Waals surface area (Å²) in [7, 11) is -2.84. The van der Waals surface area contributed by atoms with Crippen LogP contribution in [0.25, 0.3) is 0 Å². The standard InChI is InChI=1S/C19H39N3O6Si/c1-5-9-14-26-29(27-15-10-6-2,28-16-11-7-3)17-12-13-22(8-4)18(23)20-21-19(24)25/h5-17H2,1-4H3,(H,24,25). The third-order valence-corrected chi connectivity index (χ3v) is 7.14. The second kappa shape index (κ2) is 17.5. The van der Waals surface area contributed by atoms with Gasteiger partial charge in [0.15, 0.2) is 0 Å². The first-order valence-electron chi connectivity index (χ1n) is 10.8. The number of carbonyl (C=O) groups excluding carboxylic acids is 1. The molecule has 0 atom stereocenters. The molecule has 0 spiro atoms. The molecule has 0 aliphatic carbocycles. The lowest BCUT2D eigenvalue weighted by molar-refractivity contribution is 0.0553. The van der Waals surface area contributed by atoms with Crippen LogP contribution in [0.3, 0.4) is 0 Å². The van der Waals surface area contributed by atoms with Gasteiger partial charge >= 0.3 is 20.9 Å². The molecular formula is C19H39N3O6Si. The van der Waals surface area contributed by atoms with Crippen LogP contribution < -0.4 is 0 Å². The Labute approximate surface area is 176 Å². The van der Waals surface area contributed by atoms with Gasteiger partial charge in [-0.05, 0) is 32.6 Å². The number of unbranched alkanes of at least 4 members (excludes halogenated alkanes) is 3. The van der Waals surface area contributed by atoms with E-state index in [9.17, 15) is 9.59 Å². The normalized spacial score (nSPS) is 11.9. The molecule has 1 N–H and O–H groups in total. The summed E-state index contributed by atoms with van der Waals surface area (Å²) in [6.45, 7) is 10.8. The molecule has 29 heavy (non-hydrogen) atoms. The Kier molecular flexibility index (Phi) is 16.7. The first-order chi connectivity index (χ1) is 13.9. The van der Waals surface area contributed by atoms with Crippen LogP contribution in [0.4, 0.5) is 9.59 Å². The Morgan fingerprint density at radius 2 is 1.31 bits per heavy atom. The highest BCUT2D eigenvalue weighted by Crippen LogP contribution is 2.21. The maximum Gasteiger partial charge on any atom is 0.501 e. The van der Waals surface area contributed by atoms with E-state index in [-0.39, 0.29) is 0 Å². The van der Waals surface area contributed by atoms with Gasteiger partial charge in [0.05, 0.1) is 0 Å². The topological polar surface area (TPSA) is 110 Å². The fraction of sp³-hybridized carbons (Fsp3) is 0.895. The summed E-state index contributed by atoms with van der Waals surface area (Å²) in [5, 5.41) is 14.6. The number of nitrogens with zero attached hydrogens (tertiary/aromatic N) is 3. The Balaban J connectivity index is 5.00. The average molecular weight is 434 g/mol. The Morgan fingerprint density at radius 1 is 0.828 bits per heavy atom. The van der Waals surface area contributed by atoms with Crippen molar-refractivity contribution in [2.75, 3.05) is 32.9 Å². The number of carboxylic acid groups (broad SMARTS) is 1. The first-order valence-corrected chi connectivity index (χ1v) is 12.7. The zero-order valence-corrected chi connectivity index (χ0v) is 19.5. The highest BCUT2D eigenvalue weighted by molar-refractivity contribution is 6.60. The Bertz CT molecular complexity index is 452. The van der Waals surface area contributed by atoms with Crippen LogP contribution in [-0.4, -0.2) is 63.8 Å². The second-order valence-electron chi connectivity index (χ2n) is 6.74. The van der Waals surface area contributed by atoms with Gasteiger partial charge in [0.25, 0.3) is 0 Å². The van der Waals surface area contributed by atoms with Gasteiger partial charge in [-0.15, -0.1) is 0 Å². The molecule has 10 heteroatoms. The van der Waals surface area contributed by atoms with Crippen LogP contribution in [-0.2, 0) is 13.3 Å². The van der Waals surface area contributed by atoms with Gasteiger partial charge in [-0.25, -0.2) is 9.59 Å². The molecule has 0 unspecified atom stereocenters. The van der Waals surface area contributed by atoms with Crippen LogP contribution in [0.2, 0.25) is 6.04 Å². The molecule has 0 saturated carbocycles. The van der Waals surface area contributed by atoms with E-state index in [1.165, 1.54) is 4.90 Å². The van der Waals surface area contributed by atoms with Crippen molar-refractivity contribution in [1.29, 1.82) is 0 Å². The molecule has 0 aliphatic heterocycles. The number of hydrogen-bond donors (Lipinski definition) is 1. The number of amides is 3. The molecule has 3 amide bonds. The fourth-order valence-corrected chi connectivity index (χ4v) is 5.12. The molecular weight excluding hydrogens is 394 g/mol. The third-order valence-electron chi connectivity index (χ3n) is 4.24. The van der Waals surface area contributed by atoms with Crippen molar-refractivity contribution >= 4 is 20.9 Å². The van der Waals surface area contributed by atoms with E-state index in [0.29, 0.717) is 45.4 Å². The van der Waals surface area contributed by atoms with Crippen molar-refractivity contribution in [3.05, 3.63) is 0 Å². The SMILES string of the molecule is CCCCO[Si](CCCN(CC)C(=O)N=NC(=O)O)(OCCCC)OCCCC. The summed E-state index contributed by atoms with van der Waals surface area (Å²) >= 11 is 0. The highest BCUT2D eigenvalue weighted by Gasteiger charge is 2.40. The number of urea groups is 1. The van der Waals surface area contributed by atoms with E-state index in [4.69, 9.17) is 18.4 Å². The van der Waals surface area contributed by atoms with Crippen LogP contribution in [0.15, 0.2) is 10.2 Å². The predicted molar refractivity (Wildman–Crippen MR) is 113 cm³/mol. The average Bonchev–Trinajstić information content (AvgIpc) is 2.70. The van der Waals surface area contributed by atoms with E-state index in [0.717, 1.165) is 38.5 Å². The van der Waals surface area contributed by atoms with Crippen molar-refractivity contribution in [2.24, 2.45) is 10.2 Å². The molecule has 0 fully saturated rings. The van der Waals surface area contributed by atoms with Crippen LogP contribution in [0.1, 0.15) is 72.6 Å². The summed E-state index contributed by atoms with van der Waals surface area (Å²) < 4.78 is 18.6. The molecule has 0 aromatic carbocycles. The van der Waals surface area contributed by atoms with Gasteiger partial charge < -0.3 is 23.3 Å². The van der Waals surface area contributed by atoms with E-state index in [1.807, 2.05) is 6.92 Å². The molecule has 0 radical (unpaired) electrons. The van der Waals surface area contributed by atoms with Gasteiger partial charge in [-0.1, -0.05) is 50.3 Å². The zero-order chi connectivity index (χ0) is 22.0. The Hall–Kier alpha value is -1.36. The number of carbonyl (C=O) groups is 2. The van der Waals surface area contributed by atoms with E-state index in [2.05, 4.69) is 31.0 Å². The first kappa shape index (κ1) is 27.6. The molecule has 0 aromatic rings. The summed E-state index contributed by atoms with van der Waals surface area (Å²) in [5.74, 6) is 0. The minimum absolute atomic E-state index is 0.411. The van der Waals surface area contributed by atoms with Crippen molar-refractivity contribution in [3.8, 4) is 0 Å². The monoisotopic (exact) mass is 433 g/mol. The maximum atomic E-state index is 12.0. The van der Waals surface area contributed by atoms with E-state index in [1.54, 1.807) is 0 Å². The molecule has 0 bridgehead atoms. The molecule has 0 saturated heterocycles. The number of rotatable bonds is 17. The maximum absolute atomic E-state index is 12.0. The number of hydrogen-bond acceptors (Lipinski definition) is 5. The smallest absolute Gasteiger partial charge is 0.462 e. The minimum Gasteiger partial charge on any atom is -0.462 e. The summed E-state index contributed by atoms with van der Waals surface area (Å²) in [5.41, 5.74) is 0. The molecule has 0 heterocycles. The van der Waals surface area contributed by atoms with Crippen LogP contribution in [0.5, 0.6) is 0 Å². The van der Waals surface area contributed by atoms with Crippen LogP contribution >= 0.6 is 0 Å². The van der Waals surface area contributed by atoms with Crippen LogP contribution in [0, 0.1) is 0 Å². The summed E-state index contributed by atoms with van der Waals surface area (Å²) in [4.78, 5) is 23.9. The quantitative estimate of drug-likeness (QED) is 0.188. The molecule has 170 valence electrons. The zero-order valence-electron chi connectivity index (χ0n) is 18.5. The fourth-order valence-electron chi connectivity index (χ4n) is 2.48. The highest BCUT2D eigenvalue weighted by atomic mass is 28.4. The lowest BCUT2D eigenvalue weighted by Crippen LogP contribution is -2.47. The van der Waals surface area contributed by atoms with Gasteiger partial charge in [-0.3, -0.25) is 0 Å². The second-order valence-corrected chi connectivity index (χ2v) is 9.47. The van der Waals surface area contributed by atoms with Gasteiger partial charge in [-0.2, -0.15) is 0 Å². The number of azo groups is 1. The molecule has 0 aromatic heterocycles. The van der Waals surface area contributed by atoms with Crippen molar-refractivity contribution in [1.82, 2.24) is 4.90 Å². The van der Waals surface area contributed by atoms with E-state index >= 15 is 0 Å². The summed E-state index contributed by atoms with van der Waals surface area (Å²) in [6, 6.07) is -0.0582. The van der Waals surface area contributed by atoms with Crippen molar-refractivity contribution in [3.63, 3.8) is 0 Å². The summed E-state index contributed by atoms with van der Waals surface area (Å²) in [6.07, 6.45) is 5.05. The molecule has 0 aliphatic rings. The molecule has 0 rings (SSSR count). The third kappa shape index (κ3) is 13.5. The van der Waals surface area contributed by atoms with Gasteiger partial charge in [0.1, 0.15) is 0 Å². The van der Waals surface area contributed by atoms with Crippen molar-refractivity contribution in [2.45, 2.75) is 78.7 Å². The molecule has 9 nitrogen and oxygen atoms in total. The van der Waals surface area contributed by atoms with Gasteiger partial charge in [0.2, 0.25) is 0 Å². The lowest BCUT2D eigenvalue weighted by Gasteiger charge is -2.30. The Morgan fingerprint density at radius 3 is 1.69 bits per heavy atom. The van der Waals surface area contributed by atoms with Crippen molar-refractivity contribution < 1.29 is 28.0 Å². The lowest BCUT2D eigenvalue weighted by atomic mass is 10.4. The minimum atomic E-state index is -2.84. The largest absolute Gasteiger partial charge is 0.501 e. The van der Waals surface area contributed by atoms with E-state index < -0.39 is 20.9 Å². The van der Waals surface area contributed by atoms with Gasteiger partial charge in [0, 0.05) is 39.0 Å². The predicted octanol–water partition coefficient (Wildman–Crippen LogP) is 5.34.